The quantitative estimate of drug-likeness (QED) is 0.160. The zero-order valence-corrected chi connectivity index (χ0v) is 34.5. The lowest BCUT2D eigenvalue weighted by molar-refractivity contribution is -0.154. The van der Waals surface area contributed by atoms with E-state index in [1.54, 1.807) is 41.1 Å². The molecule has 1 aromatic carbocycles. The predicted octanol–water partition coefficient (Wildman–Crippen LogP) is 2.82. The summed E-state index contributed by atoms with van der Waals surface area (Å²) in [6.45, 7) is 12.2. The molecule has 9 atom stereocenters. The van der Waals surface area contributed by atoms with Crippen molar-refractivity contribution in [3.8, 4) is 0 Å². The first-order valence-electron chi connectivity index (χ1n) is 19.1. The lowest BCUT2D eigenvalue weighted by atomic mass is 9.89. The van der Waals surface area contributed by atoms with Crippen molar-refractivity contribution in [2.45, 2.75) is 122 Å². The second-order valence-corrected chi connectivity index (χ2v) is 15.4. The molecule has 1 aromatic rings. The van der Waals surface area contributed by atoms with Gasteiger partial charge in [-0.25, -0.2) is 4.79 Å². The summed E-state index contributed by atoms with van der Waals surface area (Å²) in [7, 11) is 9.70. The molecule has 0 aromatic heterocycles. The third-order valence-corrected chi connectivity index (χ3v) is 10.7. The lowest BCUT2D eigenvalue weighted by Gasteiger charge is -2.41. The van der Waals surface area contributed by atoms with Crippen LogP contribution in [0.1, 0.15) is 72.8 Å². The molecule has 14 heteroatoms. The van der Waals surface area contributed by atoms with Crippen LogP contribution in [0.5, 0.6) is 0 Å². The van der Waals surface area contributed by atoms with Crippen LogP contribution < -0.4 is 10.6 Å². The van der Waals surface area contributed by atoms with Crippen LogP contribution in [-0.2, 0) is 44.6 Å². The van der Waals surface area contributed by atoms with E-state index in [1.165, 1.54) is 21.3 Å². The van der Waals surface area contributed by atoms with E-state index in [1.807, 2.05) is 66.6 Å². The number of nitrogens with zero attached hydrogens (tertiary/aromatic N) is 3. The Hall–Kier alpha value is -3.59. The van der Waals surface area contributed by atoms with E-state index in [-0.39, 0.29) is 48.3 Å². The van der Waals surface area contributed by atoms with Gasteiger partial charge < -0.3 is 39.8 Å². The first-order valence-corrected chi connectivity index (χ1v) is 19.1. The van der Waals surface area contributed by atoms with Crippen molar-refractivity contribution in [1.29, 1.82) is 0 Å². The Balaban J connectivity index is 2.31. The number of carboxylic acid groups (broad SMARTS) is 1. The first-order chi connectivity index (χ1) is 25.4. The number of likely N-dealkylation sites (tertiary alicyclic amines) is 1. The molecule has 0 bridgehead atoms. The van der Waals surface area contributed by atoms with Crippen molar-refractivity contribution in [2.75, 3.05) is 49.0 Å². The predicted molar refractivity (Wildman–Crippen MR) is 207 cm³/mol. The Morgan fingerprint density at radius 2 is 1.52 bits per heavy atom. The second kappa shape index (κ2) is 22.1. The van der Waals surface area contributed by atoms with Crippen molar-refractivity contribution in [3.05, 3.63) is 35.9 Å². The number of methoxy groups -OCH3 is 3. The summed E-state index contributed by atoms with van der Waals surface area (Å²) in [6, 6.07) is 5.55. The number of rotatable bonds is 22. The summed E-state index contributed by atoms with van der Waals surface area (Å²) in [5, 5.41) is 15.5. The summed E-state index contributed by atoms with van der Waals surface area (Å²) in [4.78, 5) is 72.7. The molecule has 2 rings (SSSR count). The molecule has 4 amide bonds. The average Bonchev–Trinajstić information content (AvgIpc) is 3.61. The first kappa shape index (κ1) is 46.6. The van der Waals surface area contributed by atoms with Crippen molar-refractivity contribution < 1.29 is 43.3 Å². The molecular formula is C40H67N5O9. The minimum absolute atomic E-state index is 0.0272. The highest BCUT2D eigenvalue weighted by Gasteiger charge is 2.45. The molecule has 306 valence electrons. The van der Waals surface area contributed by atoms with Gasteiger partial charge in [0.25, 0.3) is 5.91 Å². The molecule has 1 heterocycles. The smallest absolute Gasteiger partial charge is 0.326 e. The standard InChI is InChI=1S/C40H67N5O9/c1-13-26(6)34(44(9)39(49)32(24(2)3)42-37(47)33(25(4)5)43(7)8)30(52-10)23-31(46)45-21-17-20-29(45)35(53-11)36(54-12)38(48)41-28(40(50)51)22-27-18-15-14-16-19-27/h14-16,18-19,24-26,28-30,32-36H,13,17,20-23H2,1-12H3,(H,41,48)(H,42,47)(H,50,51)/t26-,28-,29-,30+,32-,33?,34?,35-,36+/m0/s1. The van der Waals surface area contributed by atoms with Gasteiger partial charge in [0.1, 0.15) is 18.2 Å². The van der Waals surface area contributed by atoms with Gasteiger partial charge in [-0.1, -0.05) is 78.3 Å². The number of ether oxygens (including phenoxy) is 3. The van der Waals surface area contributed by atoms with Gasteiger partial charge in [-0.3, -0.25) is 24.1 Å². The van der Waals surface area contributed by atoms with Crippen molar-refractivity contribution in [2.24, 2.45) is 17.8 Å². The topological polar surface area (TPSA) is 167 Å². The van der Waals surface area contributed by atoms with Crippen LogP contribution in [0.25, 0.3) is 0 Å². The number of likely N-dealkylation sites (N-methyl/N-ethyl adjacent to an activating group) is 2. The maximum absolute atomic E-state index is 14.2. The van der Waals surface area contributed by atoms with E-state index in [0.29, 0.717) is 25.8 Å². The van der Waals surface area contributed by atoms with Crippen LogP contribution in [0.15, 0.2) is 30.3 Å². The fourth-order valence-corrected chi connectivity index (χ4v) is 7.74. The van der Waals surface area contributed by atoms with Gasteiger partial charge in [0, 0.05) is 41.3 Å². The van der Waals surface area contributed by atoms with Gasteiger partial charge >= 0.3 is 5.97 Å². The number of carboxylic acids is 1. The molecule has 14 nitrogen and oxygen atoms in total. The monoisotopic (exact) mass is 761 g/mol. The van der Waals surface area contributed by atoms with Crippen LogP contribution in [0.2, 0.25) is 0 Å². The number of nitrogens with one attached hydrogen (secondary N) is 2. The van der Waals surface area contributed by atoms with E-state index in [2.05, 4.69) is 10.6 Å². The zero-order chi connectivity index (χ0) is 40.9. The highest BCUT2D eigenvalue weighted by Crippen LogP contribution is 2.29. The number of aliphatic carboxylic acids is 1. The number of hydrogen-bond acceptors (Lipinski definition) is 9. The van der Waals surface area contributed by atoms with Crippen molar-refractivity contribution in [3.63, 3.8) is 0 Å². The van der Waals surface area contributed by atoms with Crippen LogP contribution in [0, 0.1) is 17.8 Å². The van der Waals surface area contributed by atoms with Gasteiger partial charge in [0.05, 0.1) is 30.7 Å². The van der Waals surface area contributed by atoms with Crippen LogP contribution in [0.4, 0.5) is 0 Å². The van der Waals surface area contributed by atoms with Crippen molar-refractivity contribution in [1.82, 2.24) is 25.3 Å². The molecular weight excluding hydrogens is 694 g/mol. The maximum Gasteiger partial charge on any atom is 0.326 e. The fraction of sp³-hybridized carbons (Fsp3) is 0.725. The molecule has 1 fully saturated rings. The zero-order valence-electron chi connectivity index (χ0n) is 34.5. The van der Waals surface area contributed by atoms with E-state index < -0.39 is 60.4 Å². The van der Waals surface area contributed by atoms with E-state index in [9.17, 15) is 29.1 Å². The molecule has 1 saturated heterocycles. The summed E-state index contributed by atoms with van der Waals surface area (Å²) >= 11 is 0. The Kier molecular flexibility index (Phi) is 19.0. The summed E-state index contributed by atoms with van der Waals surface area (Å²) < 4.78 is 17.4. The fourth-order valence-electron chi connectivity index (χ4n) is 7.74. The molecule has 3 N–H and O–H groups in total. The van der Waals surface area contributed by atoms with Gasteiger partial charge in [-0.05, 0) is 50.3 Å². The maximum atomic E-state index is 14.2. The number of carbonyl (C=O) groups excluding carboxylic acids is 4. The van der Waals surface area contributed by atoms with Gasteiger partial charge in [0.15, 0.2) is 6.10 Å². The highest BCUT2D eigenvalue weighted by atomic mass is 16.5. The van der Waals surface area contributed by atoms with Crippen LogP contribution in [0.3, 0.4) is 0 Å². The molecule has 0 saturated carbocycles. The average molecular weight is 762 g/mol. The number of hydrogen-bond donors (Lipinski definition) is 3. The van der Waals surface area contributed by atoms with E-state index in [0.717, 1.165) is 5.56 Å². The molecule has 0 spiro atoms. The van der Waals surface area contributed by atoms with Crippen molar-refractivity contribution >= 4 is 29.6 Å². The van der Waals surface area contributed by atoms with E-state index in [4.69, 9.17) is 14.2 Å². The SMILES string of the molecule is CC[C@H](C)C([C@@H](CC(=O)N1CCC[C@H]1[C@H](OC)[C@@H](OC)C(=O)N[C@@H](Cc1ccccc1)C(=O)O)OC)N(C)C(=O)[C@@H](NC(=O)C(C(C)C)N(C)C)C(C)C. The normalized spacial score (nSPS) is 19.1. The molecule has 0 aliphatic carbocycles. The Labute approximate surface area is 322 Å². The summed E-state index contributed by atoms with van der Waals surface area (Å²) in [5.74, 6) is -2.80. The van der Waals surface area contributed by atoms with E-state index >= 15 is 0 Å². The third kappa shape index (κ3) is 12.2. The van der Waals surface area contributed by atoms with Crippen LogP contribution in [-0.4, -0.2) is 147 Å². The van der Waals surface area contributed by atoms with Gasteiger partial charge in [-0.2, -0.15) is 0 Å². The number of amides is 4. The largest absolute Gasteiger partial charge is 0.480 e. The summed E-state index contributed by atoms with van der Waals surface area (Å²) in [5.41, 5.74) is 0.749. The molecule has 54 heavy (non-hydrogen) atoms. The summed E-state index contributed by atoms with van der Waals surface area (Å²) in [6.07, 6.45) is -0.854. The second-order valence-electron chi connectivity index (χ2n) is 15.4. The number of carbonyl (C=O) groups is 5. The molecule has 1 aliphatic rings. The Morgan fingerprint density at radius 1 is 0.889 bits per heavy atom. The van der Waals surface area contributed by atoms with Gasteiger partial charge in [-0.15, -0.1) is 0 Å². The Morgan fingerprint density at radius 3 is 2.00 bits per heavy atom. The lowest BCUT2D eigenvalue weighted by Crippen LogP contribution is -2.60. The van der Waals surface area contributed by atoms with Gasteiger partial charge in [0.2, 0.25) is 17.7 Å². The molecule has 1 aliphatic heterocycles. The minimum atomic E-state index is -1.20. The van der Waals surface area contributed by atoms with Crippen LogP contribution >= 0.6 is 0 Å². The molecule has 2 unspecified atom stereocenters. The molecule has 0 radical (unpaired) electrons. The highest BCUT2D eigenvalue weighted by molar-refractivity contribution is 5.90. The minimum Gasteiger partial charge on any atom is -0.480 e. The Bertz CT molecular complexity index is 1350. The third-order valence-electron chi connectivity index (χ3n) is 10.7. The number of benzene rings is 1.